The van der Waals surface area contributed by atoms with Crippen LogP contribution < -0.4 is 5.32 Å². The first-order valence-electron chi connectivity index (χ1n) is 7.58. The molecule has 0 aliphatic rings. The fourth-order valence-electron chi connectivity index (χ4n) is 2.21. The molecule has 1 aromatic carbocycles. The molecule has 0 spiro atoms. The molecule has 0 aliphatic heterocycles. The Bertz CT molecular complexity index is 846. The van der Waals surface area contributed by atoms with Crippen LogP contribution in [0.25, 0.3) is 20.7 Å². The minimum Gasteiger partial charge on any atom is -0.353 e. The van der Waals surface area contributed by atoms with Crippen molar-refractivity contribution < 1.29 is 4.79 Å². The SMILES string of the molecule is C=CCNC(=O)CCSc1ncnc2sc(-c3ccccc3)cc12. The molecule has 0 saturated heterocycles. The van der Waals surface area contributed by atoms with Crippen molar-refractivity contribution in [2.75, 3.05) is 12.3 Å². The fraction of sp³-hybridized carbons (Fsp3) is 0.167. The highest BCUT2D eigenvalue weighted by Crippen LogP contribution is 2.36. The summed E-state index contributed by atoms with van der Waals surface area (Å²) in [5.41, 5.74) is 1.18. The number of nitrogens with one attached hydrogen (secondary N) is 1. The number of fused-ring (bicyclic) bond motifs is 1. The zero-order valence-electron chi connectivity index (χ0n) is 13.1. The molecule has 1 N–H and O–H groups in total. The van der Waals surface area contributed by atoms with E-state index in [1.54, 1.807) is 35.5 Å². The number of amides is 1. The van der Waals surface area contributed by atoms with Crippen molar-refractivity contribution in [1.82, 2.24) is 15.3 Å². The molecule has 2 heterocycles. The van der Waals surface area contributed by atoms with E-state index in [2.05, 4.69) is 40.1 Å². The van der Waals surface area contributed by atoms with Crippen LogP contribution in [-0.2, 0) is 4.79 Å². The van der Waals surface area contributed by atoms with Gasteiger partial charge in [0, 0.05) is 29.0 Å². The van der Waals surface area contributed by atoms with E-state index in [1.165, 1.54) is 10.4 Å². The first kappa shape index (κ1) is 16.7. The number of carbonyl (C=O) groups is 1. The third-order valence-corrected chi connectivity index (χ3v) is 5.46. The highest BCUT2D eigenvalue weighted by Gasteiger charge is 2.11. The number of thioether (sulfide) groups is 1. The normalized spacial score (nSPS) is 10.7. The van der Waals surface area contributed by atoms with Crippen molar-refractivity contribution in [3.8, 4) is 10.4 Å². The summed E-state index contributed by atoms with van der Waals surface area (Å²) in [6.07, 6.45) is 3.73. The quantitative estimate of drug-likeness (QED) is 0.393. The Morgan fingerprint density at radius 2 is 2.12 bits per heavy atom. The van der Waals surface area contributed by atoms with E-state index >= 15 is 0 Å². The number of hydrogen-bond acceptors (Lipinski definition) is 5. The van der Waals surface area contributed by atoms with Gasteiger partial charge in [-0.3, -0.25) is 4.79 Å². The smallest absolute Gasteiger partial charge is 0.221 e. The van der Waals surface area contributed by atoms with Gasteiger partial charge >= 0.3 is 0 Å². The lowest BCUT2D eigenvalue weighted by molar-refractivity contribution is -0.120. The summed E-state index contributed by atoms with van der Waals surface area (Å²) in [6.45, 7) is 4.09. The molecule has 3 aromatic rings. The van der Waals surface area contributed by atoms with E-state index in [1.807, 2.05) is 18.2 Å². The Balaban J connectivity index is 1.73. The molecule has 1 amide bonds. The Labute approximate surface area is 149 Å². The van der Waals surface area contributed by atoms with E-state index in [4.69, 9.17) is 0 Å². The van der Waals surface area contributed by atoms with Gasteiger partial charge < -0.3 is 5.32 Å². The largest absolute Gasteiger partial charge is 0.353 e. The van der Waals surface area contributed by atoms with Crippen molar-refractivity contribution in [1.29, 1.82) is 0 Å². The Kier molecular flexibility index (Phi) is 5.61. The zero-order chi connectivity index (χ0) is 16.8. The third kappa shape index (κ3) is 4.01. The van der Waals surface area contributed by atoms with Crippen molar-refractivity contribution in [3.05, 3.63) is 55.4 Å². The topological polar surface area (TPSA) is 54.9 Å². The fourth-order valence-corrected chi connectivity index (χ4v) is 4.19. The number of hydrogen-bond donors (Lipinski definition) is 1. The molecular weight excluding hydrogens is 338 g/mol. The number of nitrogens with zero attached hydrogens (tertiary/aromatic N) is 2. The van der Waals surface area contributed by atoms with Crippen LogP contribution in [0, 0.1) is 0 Å². The molecule has 0 bridgehead atoms. The summed E-state index contributed by atoms with van der Waals surface area (Å²) >= 11 is 3.25. The third-order valence-electron chi connectivity index (χ3n) is 3.36. The predicted octanol–water partition coefficient (Wildman–Crippen LogP) is 4.14. The van der Waals surface area contributed by atoms with Gasteiger partial charge in [0.2, 0.25) is 5.91 Å². The van der Waals surface area contributed by atoms with Crippen LogP contribution in [0.15, 0.2) is 60.4 Å². The molecule has 2 aromatic heterocycles. The molecule has 122 valence electrons. The van der Waals surface area contributed by atoms with Crippen LogP contribution in [-0.4, -0.2) is 28.2 Å². The lowest BCUT2D eigenvalue weighted by Crippen LogP contribution is -2.23. The van der Waals surface area contributed by atoms with Crippen molar-refractivity contribution >= 4 is 39.2 Å². The van der Waals surface area contributed by atoms with E-state index < -0.39 is 0 Å². The zero-order valence-corrected chi connectivity index (χ0v) is 14.7. The lowest BCUT2D eigenvalue weighted by Gasteiger charge is -2.03. The van der Waals surface area contributed by atoms with Crippen LogP contribution in [0.4, 0.5) is 0 Å². The Morgan fingerprint density at radius 3 is 2.92 bits per heavy atom. The van der Waals surface area contributed by atoms with Gasteiger partial charge in [0.05, 0.1) is 0 Å². The maximum atomic E-state index is 11.6. The van der Waals surface area contributed by atoms with Gasteiger partial charge in [-0.25, -0.2) is 9.97 Å². The average Bonchev–Trinajstić information content (AvgIpc) is 3.06. The van der Waals surface area contributed by atoms with Crippen LogP contribution in [0.2, 0.25) is 0 Å². The first-order valence-corrected chi connectivity index (χ1v) is 9.38. The predicted molar refractivity (Wildman–Crippen MR) is 101 cm³/mol. The highest BCUT2D eigenvalue weighted by atomic mass is 32.2. The van der Waals surface area contributed by atoms with Crippen LogP contribution in [0.1, 0.15) is 6.42 Å². The maximum absolute atomic E-state index is 11.6. The molecule has 0 atom stereocenters. The molecule has 6 heteroatoms. The van der Waals surface area contributed by atoms with Gasteiger partial charge in [-0.05, 0) is 11.6 Å². The summed E-state index contributed by atoms with van der Waals surface area (Å²) in [5, 5.41) is 4.76. The molecule has 3 rings (SSSR count). The number of benzene rings is 1. The Hall–Kier alpha value is -2.18. The van der Waals surface area contributed by atoms with Crippen molar-refractivity contribution in [2.24, 2.45) is 0 Å². The summed E-state index contributed by atoms with van der Waals surface area (Å²) in [7, 11) is 0. The molecule has 24 heavy (non-hydrogen) atoms. The van der Waals surface area contributed by atoms with Crippen molar-refractivity contribution in [3.63, 3.8) is 0 Å². The second-order valence-electron chi connectivity index (χ2n) is 5.07. The van der Waals surface area contributed by atoms with E-state index in [9.17, 15) is 4.79 Å². The van der Waals surface area contributed by atoms with Crippen molar-refractivity contribution in [2.45, 2.75) is 11.4 Å². The van der Waals surface area contributed by atoms with Crippen LogP contribution in [0.5, 0.6) is 0 Å². The molecule has 0 radical (unpaired) electrons. The van der Waals surface area contributed by atoms with Gasteiger partial charge in [-0.2, -0.15) is 0 Å². The standard InChI is InChI=1S/C18H17N3OS2/c1-2-9-19-16(22)8-10-23-17-14-11-15(13-6-4-3-5-7-13)24-18(14)21-12-20-17/h2-7,11-12H,1,8-10H2,(H,19,22). The number of rotatable bonds is 7. The first-order chi connectivity index (χ1) is 11.8. The number of aromatic nitrogens is 2. The molecule has 0 fully saturated rings. The highest BCUT2D eigenvalue weighted by molar-refractivity contribution is 7.99. The number of carbonyl (C=O) groups excluding carboxylic acids is 1. The number of thiophene rings is 1. The van der Waals surface area contributed by atoms with Crippen LogP contribution >= 0.6 is 23.1 Å². The van der Waals surface area contributed by atoms with E-state index in [-0.39, 0.29) is 5.91 Å². The molecule has 0 saturated carbocycles. The monoisotopic (exact) mass is 355 g/mol. The van der Waals surface area contributed by atoms with Gasteiger partial charge in [0.15, 0.2) is 0 Å². The maximum Gasteiger partial charge on any atom is 0.221 e. The summed E-state index contributed by atoms with van der Waals surface area (Å²) in [6, 6.07) is 12.4. The summed E-state index contributed by atoms with van der Waals surface area (Å²) < 4.78 is 0. The van der Waals surface area contributed by atoms with Gasteiger partial charge in [-0.1, -0.05) is 36.4 Å². The molecule has 0 unspecified atom stereocenters. The van der Waals surface area contributed by atoms with E-state index in [0.717, 1.165) is 15.2 Å². The van der Waals surface area contributed by atoms with Gasteiger partial charge in [-0.15, -0.1) is 29.7 Å². The van der Waals surface area contributed by atoms with Gasteiger partial charge in [0.1, 0.15) is 16.2 Å². The summed E-state index contributed by atoms with van der Waals surface area (Å²) in [4.78, 5) is 22.6. The molecule has 4 nitrogen and oxygen atoms in total. The van der Waals surface area contributed by atoms with Crippen LogP contribution in [0.3, 0.4) is 0 Å². The van der Waals surface area contributed by atoms with E-state index in [0.29, 0.717) is 18.7 Å². The molecular formula is C18H17N3OS2. The van der Waals surface area contributed by atoms with Gasteiger partial charge in [0.25, 0.3) is 0 Å². The summed E-state index contributed by atoms with van der Waals surface area (Å²) in [5.74, 6) is 0.717. The lowest BCUT2D eigenvalue weighted by atomic mass is 10.2. The Morgan fingerprint density at radius 1 is 1.29 bits per heavy atom. The second kappa shape index (κ2) is 8.08. The minimum absolute atomic E-state index is 0.0305. The minimum atomic E-state index is 0.0305. The molecule has 0 aliphatic carbocycles. The average molecular weight is 355 g/mol. The second-order valence-corrected chi connectivity index (χ2v) is 7.18.